The van der Waals surface area contributed by atoms with Crippen LogP contribution in [0.5, 0.6) is 11.5 Å². The maximum absolute atomic E-state index is 11.6. The van der Waals surface area contributed by atoms with Crippen LogP contribution < -0.4 is 9.47 Å². The van der Waals surface area contributed by atoms with Gasteiger partial charge in [-0.3, -0.25) is 14.4 Å². The van der Waals surface area contributed by atoms with Crippen molar-refractivity contribution in [1.29, 1.82) is 0 Å². The van der Waals surface area contributed by atoms with E-state index in [9.17, 15) is 14.4 Å². The number of ether oxygens (including phenoxy) is 6. The molecule has 0 aliphatic carbocycles. The van der Waals surface area contributed by atoms with Gasteiger partial charge in [0.1, 0.15) is 11.5 Å². The van der Waals surface area contributed by atoms with Gasteiger partial charge in [-0.15, -0.1) is 0 Å². The van der Waals surface area contributed by atoms with Crippen molar-refractivity contribution in [3.8, 4) is 11.5 Å². The molecule has 148 valence electrons. The molecule has 0 radical (unpaired) electrons. The minimum atomic E-state index is -1.13. The smallest absolute Gasteiger partial charge is 0.303 e. The molecule has 27 heavy (non-hydrogen) atoms. The summed E-state index contributed by atoms with van der Waals surface area (Å²) in [6.45, 7) is 3.51. The van der Waals surface area contributed by atoms with E-state index in [-0.39, 0.29) is 6.61 Å². The van der Waals surface area contributed by atoms with E-state index in [1.165, 1.54) is 27.9 Å². The van der Waals surface area contributed by atoms with Gasteiger partial charge in [0.15, 0.2) is 12.2 Å². The van der Waals surface area contributed by atoms with Crippen LogP contribution in [0.3, 0.4) is 0 Å². The topological polar surface area (TPSA) is 107 Å². The second-order valence-electron chi connectivity index (χ2n) is 5.79. The van der Waals surface area contributed by atoms with Gasteiger partial charge < -0.3 is 28.4 Å². The molecule has 4 atom stereocenters. The summed E-state index contributed by atoms with van der Waals surface area (Å²) >= 11 is 0. The molecule has 9 nitrogen and oxygen atoms in total. The average Bonchev–Trinajstić information content (AvgIpc) is 2.59. The second-order valence-corrected chi connectivity index (χ2v) is 5.79. The Kier molecular flexibility index (Phi) is 7.00. The van der Waals surface area contributed by atoms with Crippen LogP contribution in [0.1, 0.15) is 20.8 Å². The first kappa shape index (κ1) is 20.5. The van der Waals surface area contributed by atoms with Crippen molar-refractivity contribution in [3.05, 3.63) is 24.3 Å². The third-order valence-electron chi connectivity index (χ3n) is 3.62. The van der Waals surface area contributed by atoms with Crippen molar-refractivity contribution in [3.63, 3.8) is 0 Å². The second kappa shape index (κ2) is 9.22. The van der Waals surface area contributed by atoms with Crippen LogP contribution in [0.15, 0.2) is 24.3 Å². The fourth-order valence-electron chi connectivity index (χ4n) is 2.60. The van der Waals surface area contributed by atoms with Gasteiger partial charge in [-0.05, 0) is 24.3 Å². The Hall–Kier alpha value is -2.81. The molecule has 0 unspecified atom stereocenters. The lowest BCUT2D eigenvalue weighted by molar-refractivity contribution is -0.259. The Bertz CT molecular complexity index is 670. The first-order valence-electron chi connectivity index (χ1n) is 8.24. The lowest BCUT2D eigenvalue weighted by Gasteiger charge is -2.40. The molecular weight excluding hydrogens is 360 g/mol. The number of benzene rings is 1. The number of esters is 3. The van der Waals surface area contributed by atoms with Gasteiger partial charge in [-0.1, -0.05) is 0 Å². The predicted molar refractivity (Wildman–Crippen MR) is 90.0 cm³/mol. The van der Waals surface area contributed by atoms with Crippen LogP contribution in [0.4, 0.5) is 0 Å². The molecule has 0 saturated carbocycles. The van der Waals surface area contributed by atoms with Crippen molar-refractivity contribution >= 4 is 17.9 Å². The van der Waals surface area contributed by atoms with Crippen LogP contribution in [-0.4, -0.2) is 56.2 Å². The zero-order valence-corrected chi connectivity index (χ0v) is 15.5. The Morgan fingerprint density at radius 1 is 0.852 bits per heavy atom. The molecule has 0 N–H and O–H groups in total. The number of rotatable bonds is 6. The monoisotopic (exact) mass is 382 g/mol. The zero-order chi connectivity index (χ0) is 20.0. The summed E-state index contributed by atoms with van der Waals surface area (Å²) in [6, 6.07) is 6.66. The highest BCUT2D eigenvalue weighted by molar-refractivity contribution is 5.68. The van der Waals surface area contributed by atoms with Gasteiger partial charge >= 0.3 is 17.9 Å². The summed E-state index contributed by atoms with van der Waals surface area (Å²) < 4.78 is 32.1. The number of carbonyl (C=O) groups excluding carboxylic acids is 3. The van der Waals surface area contributed by atoms with Gasteiger partial charge in [-0.25, -0.2) is 0 Å². The molecule has 1 aliphatic rings. The van der Waals surface area contributed by atoms with E-state index in [1.54, 1.807) is 24.3 Å². The third-order valence-corrected chi connectivity index (χ3v) is 3.62. The van der Waals surface area contributed by atoms with Crippen LogP contribution in [0.2, 0.25) is 0 Å². The fourth-order valence-corrected chi connectivity index (χ4v) is 2.60. The molecule has 0 spiro atoms. The largest absolute Gasteiger partial charge is 0.497 e. The van der Waals surface area contributed by atoms with Crippen LogP contribution in [0.25, 0.3) is 0 Å². The number of methoxy groups -OCH3 is 1. The maximum Gasteiger partial charge on any atom is 0.303 e. The van der Waals surface area contributed by atoms with Crippen LogP contribution in [0, 0.1) is 0 Å². The molecule has 0 bridgehead atoms. The predicted octanol–water partition coefficient (Wildman–Crippen LogP) is 1.23. The molecule has 2 rings (SSSR count). The highest BCUT2D eigenvalue weighted by Gasteiger charge is 2.48. The van der Waals surface area contributed by atoms with Gasteiger partial charge in [-0.2, -0.15) is 0 Å². The molecule has 1 aromatic rings. The summed E-state index contributed by atoms with van der Waals surface area (Å²) in [4.78, 5) is 34.4. The van der Waals surface area contributed by atoms with E-state index >= 15 is 0 Å². The van der Waals surface area contributed by atoms with Crippen molar-refractivity contribution < 1.29 is 42.8 Å². The van der Waals surface area contributed by atoms with Crippen molar-refractivity contribution in [2.24, 2.45) is 0 Å². The maximum atomic E-state index is 11.6. The molecule has 1 fully saturated rings. The van der Waals surface area contributed by atoms with Crippen LogP contribution in [-0.2, 0) is 33.3 Å². The Labute approximate surface area is 156 Å². The van der Waals surface area contributed by atoms with E-state index in [0.29, 0.717) is 11.5 Å². The van der Waals surface area contributed by atoms with Crippen molar-refractivity contribution in [2.45, 2.75) is 45.4 Å². The summed E-state index contributed by atoms with van der Waals surface area (Å²) in [5, 5.41) is 0. The highest BCUT2D eigenvalue weighted by atomic mass is 16.7. The van der Waals surface area contributed by atoms with Gasteiger partial charge in [0.25, 0.3) is 0 Å². The van der Waals surface area contributed by atoms with E-state index in [4.69, 9.17) is 28.4 Å². The molecule has 1 aromatic carbocycles. The average molecular weight is 382 g/mol. The molecule has 0 aromatic heterocycles. The Balaban J connectivity index is 2.24. The molecule has 1 heterocycles. The molecule has 0 amide bonds. The van der Waals surface area contributed by atoms with Crippen LogP contribution >= 0.6 is 0 Å². The van der Waals surface area contributed by atoms with E-state index in [2.05, 4.69) is 0 Å². The van der Waals surface area contributed by atoms with E-state index < -0.39 is 42.5 Å². The fraction of sp³-hybridized carbons (Fsp3) is 0.500. The zero-order valence-electron chi connectivity index (χ0n) is 15.5. The first-order valence-corrected chi connectivity index (χ1v) is 8.24. The van der Waals surface area contributed by atoms with E-state index in [0.717, 1.165) is 0 Å². The molecule has 1 aliphatic heterocycles. The van der Waals surface area contributed by atoms with Crippen molar-refractivity contribution in [1.82, 2.24) is 0 Å². The summed E-state index contributed by atoms with van der Waals surface area (Å²) in [5.41, 5.74) is 0. The third kappa shape index (κ3) is 5.85. The standard InChI is InChI=1S/C18H22O9/c1-10(19)24-15-9-23-18(27-14-7-5-13(22-4)6-8-14)17(26-12(3)21)16(15)25-11(2)20/h5-8,15-18H,9H2,1-4H3/t15-,16+,17+,18-/m1/s1. The summed E-state index contributed by atoms with van der Waals surface area (Å²) in [6.07, 6.45) is -4.22. The van der Waals surface area contributed by atoms with Gasteiger partial charge in [0.2, 0.25) is 12.4 Å². The summed E-state index contributed by atoms with van der Waals surface area (Å²) in [7, 11) is 1.54. The highest BCUT2D eigenvalue weighted by Crippen LogP contribution is 2.27. The number of hydrogen-bond donors (Lipinski definition) is 0. The lowest BCUT2D eigenvalue weighted by Crippen LogP contribution is -2.59. The summed E-state index contributed by atoms with van der Waals surface area (Å²) in [5.74, 6) is -0.787. The van der Waals surface area contributed by atoms with Gasteiger partial charge in [0, 0.05) is 20.8 Å². The minimum absolute atomic E-state index is 0.101. The Morgan fingerprint density at radius 3 is 1.89 bits per heavy atom. The number of carbonyl (C=O) groups is 3. The Morgan fingerprint density at radius 2 is 1.37 bits per heavy atom. The van der Waals surface area contributed by atoms with Gasteiger partial charge in [0.05, 0.1) is 13.7 Å². The normalized spacial score (nSPS) is 24.4. The molecular formula is C18H22O9. The minimum Gasteiger partial charge on any atom is -0.497 e. The molecule has 9 heteroatoms. The quantitative estimate of drug-likeness (QED) is 0.530. The number of hydrogen-bond acceptors (Lipinski definition) is 9. The SMILES string of the molecule is COc1ccc(O[C@H]2OC[C@@H](OC(C)=O)[C@H](OC(C)=O)[C@@H]2OC(C)=O)cc1. The van der Waals surface area contributed by atoms with E-state index in [1.807, 2.05) is 0 Å². The lowest BCUT2D eigenvalue weighted by atomic mass is 10.0. The van der Waals surface area contributed by atoms with Crippen molar-refractivity contribution in [2.75, 3.05) is 13.7 Å². The first-order chi connectivity index (χ1) is 12.8. The molecule has 1 saturated heterocycles.